The first-order valence-electron chi connectivity index (χ1n) is 8.06. The number of benzene rings is 1. The molecular weight excluding hydrogens is 334 g/mol. The fourth-order valence-corrected chi connectivity index (χ4v) is 2.48. The molecule has 26 heavy (non-hydrogen) atoms. The molecule has 0 saturated carbocycles. The van der Waals surface area contributed by atoms with E-state index in [9.17, 15) is 9.59 Å². The first kappa shape index (κ1) is 17.4. The molecule has 2 heterocycles. The van der Waals surface area contributed by atoms with E-state index in [-0.39, 0.29) is 11.7 Å². The van der Waals surface area contributed by atoms with Crippen molar-refractivity contribution in [3.63, 3.8) is 0 Å². The lowest BCUT2D eigenvalue weighted by Crippen LogP contribution is -2.31. The Morgan fingerprint density at radius 1 is 1.31 bits per heavy atom. The van der Waals surface area contributed by atoms with Crippen LogP contribution in [0.2, 0.25) is 0 Å². The largest absolute Gasteiger partial charge is 0.361 e. The monoisotopic (exact) mass is 353 g/mol. The van der Waals surface area contributed by atoms with Gasteiger partial charge in [-0.3, -0.25) is 4.57 Å². The summed E-state index contributed by atoms with van der Waals surface area (Å²) in [6, 6.07) is 10.6. The van der Waals surface area contributed by atoms with Gasteiger partial charge in [0.05, 0.1) is 13.1 Å². The Morgan fingerprint density at radius 3 is 2.88 bits per heavy atom. The summed E-state index contributed by atoms with van der Waals surface area (Å²) in [6.07, 6.45) is 3.13. The third kappa shape index (κ3) is 4.35. The number of anilines is 1. The highest BCUT2D eigenvalue weighted by Gasteiger charge is 2.12. The van der Waals surface area contributed by atoms with Crippen molar-refractivity contribution in [3.05, 3.63) is 76.3 Å². The van der Waals surface area contributed by atoms with Gasteiger partial charge in [0.15, 0.2) is 0 Å². The third-order valence-electron chi connectivity index (χ3n) is 3.74. The smallest absolute Gasteiger partial charge is 0.347 e. The van der Waals surface area contributed by atoms with Crippen LogP contribution in [0.3, 0.4) is 0 Å². The highest BCUT2D eigenvalue weighted by molar-refractivity contribution is 5.89. The van der Waals surface area contributed by atoms with E-state index in [1.807, 2.05) is 18.2 Å². The third-order valence-corrected chi connectivity index (χ3v) is 3.74. The molecular formula is C18H19N5O3. The predicted molar refractivity (Wildman–Crippen MR) is 95.8 cm³/mol. The van der Waals surface area contributed by atoms with E-state index in [1.165, 1.54) is 15.7 Å². The van der Waals surface area contributed by atoms with Gasteiger partial charge in [0.25, 0.3) is 0 Å². The van der Waals surface area contributed by atoms with Crippen LogP contribution in [0.25, 0.3) is 0 Å². The normalized spacial score (nSPS) is 10.5. The van der Waals surface area contributed by atoms with Crippen molar-refractivity contribution in [2.45, 2.75) is 20.0 Å². The Bertz CT molecular complexity index is 963. The molecule has 3 rings (SSSR count). The van der Waals surface area contributed by atoms with Gasteiger partial charge in [0, 0.05) is 31.2 Å². The van der Waals surface area contributed by atoms with Gasteiger partial charge >= 0.3 is 11.7 Å². The molecule has 2 aromatic heterocycles. The lowest BCUT2D eigenvalue weighted by molar-refractivity contribution is 0.219. The lowest BCUT2D eigenvalue weighted by atomic mass is 10.2. The molecule has 0 aliphatic rings. The molecule has 1 N–H and O–H groups in total. The number of aromatic nitrogens is 3. The number of carbonyl (C=O) groups excluding carboxylic acids is 1. The zero-order valence-electron chi connectivity index (χ0n) is 14.5. The van der Waals surface area contributed by atoms with E-state index in [1.54, 1.807) is 38.4 Å². The summed E-state index contributed by atoms with van der Waals surface area (Å²) in [5.74, 6) is 0.701. The molecule has 8 nitrogen and oxygen atoms in total. The maximum absolute atomic E-state index is 12.3. The van der Waals surface area contributed by atoms with Crippen LogP contribution in [0.5, 0.6) is 0 Å². The number of nitrogens with one attached hydrogen (secondary N) is 1. The minimum absolute atomic E-state index is 0.263. The summed E-state index contributed by atoms with van der Waals surface area (Å²) in [7, 11) is 1.68. The Labute approximate surface area is 150 Å². The van der Waals surface area contributed by atoms with Crippen molar-refractivity contribution in [2.24, 2.45) is 0 Å². The first-order chi connectivity index (χ1) is 12.5. The topological polar surface area (TPSA) is 93.3 Å². The van der Waals surface area contributed by atoms with Crippen molar-refractivity contribution in [3.8, 4) is 0 Å². The van der Waals surface area contributed by atoms with Crippen LogP contribution >= 0.6 is 0 Å². The fourth-order valence-electron chi connectivity index (χ4n) is 2.48. The molecule has 0 spiro atoms. The molecule has 134 valence electrons. The number of amides is 2. The number of hydrogen-bond acceptors (Lipinski definition) is 5. The molecule has 0 aliphatic carbocycles. The number of hydrogen-bond donors (Lipinski definition) is 1. The van der Waals surface area contributed by atoms with Crippen LogP contribution in [-0.2, 0) is 13.1 Å². The zero-order chi connectivity index (χ0) is 18.5. The van der Waals surface area contributed by atoms with E-state index < -0.39 is 0 Å². The van der Waals surface area contributed by atoms with Gasteiger partial charge in [-0.05, 0) is 30.7 Å². The van der Waals surface area contributed by atoms with Crippen LogP contribution in [0.4, 0.5) is 10.5 Å². The molecule has 1 aromatic carbocycles. The van der Waals surface area contributed by atoms with Gasteiger partial charge < -0.3 is 14.7 Å². The number of rotatable bonds is 5. The summed E-state index contributed by atoms with van der Waals surface area (Å²) in [5.41, 5.74) is 1.90. The fraction of sp³-hybridized carbons (Fsp3) is 0.222. The summed E-state index contributed by atoms with van der Waals surface area (Å²) in [4.78, 5) is 29.3. The number of nitrogens with zero attached hydrogens (tertiary/aromatic N) is 4. The quantitative estimate of drug-likeness (QED) is 0.759. The van der Waals surface area contributed by atoms with Crippen LogP contribution in [0, 0.1) is 6.92 Å². The number of carbonyl (C=O) groups is 1. The van der Waals surface area contributed by atoms with Gasteiger partial charge in [0.2, 0.25) is 0 Å². The van der Waals surface area contributed by atoms with Crippen molar-refractivity contribution >= 4 is 11.7 Å². The second-order valence-electron chi connectivity index (χ2n) is 5.95. The molecule has 3 aromatic rings. The highest BCUT2D eigenvalue weighted by Crippen LogP contribution is 2.13. The second-order valence-corrected chi connectivity index (χ2v) is 5.95. The Morgan fingerprint density at radius 2 is 2.15 bits per heavy atom. The minimum atomic E-state index is -0.315. The summed E-state index contributed by atoms with van der Waals surface area (Å²) >= 11 is 0. The second kappa shape index (κ2) is 7.64. The van der Waals surface area contributed by atoms with Crippen LogP contribution in [0.15, 0.2) is 58.1 Å². The van der Waals surface area contributed by atoms with Crippen LogP contribution < -0.4 is 11.0 Å². The molecule has 2 amide bonds. The standard InChI is InChI=1S/C18H19N5O3/c1-13-9-16(21-26-13)12-22(2)18(25)20-15-6-3-5-14(10-15)11-23-8-4-7-19-17(23)24/h3-10H,11-12H2,1-2H3,(H,20,25). The van der Waals surface area contributed by atoms with Crippen LogP contribution in [-0.4, -0.2) is 32.7 Å². The van der Waals surface area contributed by atoms with Gasteiger partial charge in [-0.2, -0.15) is 0 Å². The molecule has 8 heteroatoms. The Kier molecular flexibility index (Phi) is 5.12. The molecule has 0 radical (unpaired) electrons. The lowest BCUT2D eigenvalue weighted by Gasteiger charge is -2.17. The van der Waals surface area contributed by atoms with E-state index >= 15 is 0 Å². The molecule has 0 fully saturated rings. The van der Waals surface area contributed by atoms with Crippen molar-refractivity contribution < 1.29 is 9.32 Å². The van der Waals surface area contributed by atoms with Crippen molar-refractivity contribution in [1.29, 1.82) is 0 Å². The van der Waals surface area contributed by atoms with Gasteiger partial charge in [0.1, 0.15) is 11.5 Å². The van der Waals surface area contributed by atoms with E-state index in [4.69, 9.17) is 4.52 Å². The Balaban J connectivity index is 1.65. The molecule has 0 unspecified atom stereocenters. The van der Waals surface area contributed by atoms with E-state index in [0.717, 1.165) is 5.56 Å². The molecule has 0 bridgehead atoms. The van der Waals surface area contributed by atoms with Gasteiger partial charge in [-0.15, -0.1) is 0 Å². The maximum Gasteiger partial charge on any atom is 0.347 e. The summed E-state index contributed by atoms with van der Waals surface area (Å²) in [6.45, 7) is 2.52. The van der Waals surface area contributed by atoms with Gasteiger partial charge in [-0.1, -0.05) is 17.3 Å². The molecule has 0 aliphatic heterocycles. The zero-order valence-corrected chi connectivity index (χ0v) is 14.5. The van der Waals surface area contributed by atoms with E-state index in [2.05, 4.69) is 15.5 Å². The van der Waals surface area contributed by atoms with Crippen molar-refractivity contribution in [2.75, 3.05) is 12.4 Å². The average Bonchev–Trinajstić information content (AvgIpc) is 3.02. The summed E-state index contributed by atoms with van der Waals surface area (Å²) < 4.78 is 6.50. The molecule has 0 saturated heterocycles. The number of urea groups is 1. The van der Waals surface area contributed by atoms with Crippen molar-refractivity contribution in [1.82, 2.24) is 19.6 Å². The predicted octanol–water partition coefficient (Wildman–Crippen LogP) is 2.25. The SMILES string of the molecule is Cc1cc(CN(C)C(=O)Nc2cccc(Cn3cccnc3=O)c2)no1. The minimum Gasteiger partial charge on any atom is -0.361 e. The summed E-state index contributed by atoms with van der Waals surface area (Å²) in [5, 5.41) is 6.71. The highest BCUT2D eigenvalue weighted by atomic mass is 16.5. The van der Waals surface area contributed by atoms with Crippen LogP contribution in [0.1, 0.15) is 17.0 Å². The number of aryl methyl sites for hydroxylation is 1. The Hall–Kier alpha value is -3.42. The van der Waals surface area contributed by atoms with Gasteiger partial charge in [-0.25, -0.2) is 14.6 Å². The average molecular weight is 353 g/mol. The maximum atomic E-state index is 12.3. The molecule has 0 atom stereocenters. The van der Waals surface area contributed by atoms with E-state index in [0.29, 0.717) is 30.2 Å². The first-order valence-corrected chi connectivity index (χ1v) is 8.06.